The van der Waals surface area contributed by atoms with Gasteiger partial charge in [-0.1, -0.05) is 28.1 Å². The Bertz CT molecular complexity index is 503. The monoisotopic (exact) mass is 289 g/mol. The zero-order valence-electron chi connectivity index (χ0n) is 9.23. The molecule has 0 radical (unpaired) electrons. The van der Waals surface area contributed by atoms with E-state index in [2.05, 4.69) is 31.4 Å². The van der Waals surface area contributed by atoms with Crippen LogP contribution in [0.2, 0.25) is 0 Å². The van der Waals surface area contributed by atoms with Crippen molar-refractivity contribution in [2.24, 2.45) is 0 Å². The molecule has 86 valence electrons. The Morgan fingerprint density at radius 2 is 1.76 bits per heavy atom. The molecule has 1 heterocycles. The van der Waals surface area contributed by atoms with E-state index in [9.17, 15) is 0 Å². The van der Waals surface area contributed by atoms with Gasteiger partial charge in [0, 0.05) is 16.1 Å². The van der Waals surface area contributed by atoms with Crippen molar-refractivity contribution >= 4 is 21.7 Å². The van der Waals surface area contributed by atoms with E-state index < -0.39 is 0 Å². The van der Waals surface area contributed by atoms with E-state index in [1.807, 2.05) is 36.4 Å². The zero-order chi connectivity index (χ0) is 11.7. The first-order valence-corrected chi connectivity index (χ1v) is 6.47. The van der Waals surface area contributed by atoms with Gasteiger partial charge < -0.3 is 5.32 Å². The minimum Gasteiger partial charge on any atom is -0.366 e. The number of halogens is 1. The number of nitrogens with zero attached hydrogens (tertiary/aromatic N) is 2. The Kier molecular flexibility index (Phi) is 2.81. The van der Waals surface area contributed by atoms with Crippen LogP contribution in [-0.2, 0) is 0 Å². The molecule has 0 amide bonds. The van der Waals surface area contributed by atoms with Crippen LogP contribution in [0.15, 0.2) is 40.9 Å². The van der Waals surface area contributed by atoms with E-state index in [4.69, 9.17) is 0 Å². The highest BCUT2D eigenvalue weighted by molar-refractivity contribution is 9.10. The van der Waals surface area contributed by atoms with Crippen molar-refractivity contribution in [3.05, 3.63) is 40.9 Å². The first-order chi connectivity index (χ1) is 8.31. The number of rotatable bonds is 3. The lowest BCUT2D eigenvalue weighted by Gasteiger charge is -2.04. The van der Waals surface area contributed by atoms with Crippen LogP contribution >= 0.6 is 15.9 Å². The SMILES string of the molecule is Brc1ccc(-c2ccc(NC3CC3)nn2)cc1. The smallest absolute Gasteiger partial charge is 0.148 e. The molecule has 3 rings (SSSR count). The number of benzene rings is 1. The average Bonchev–Trinajstić information content (AvgIpc) is 3.15. The van der Waals surface area contributed by atoms with Crippen molar-refractivity contribution < 1.29 is 0 Å². The molecule has 4 heteroatoms. The Labute approximate surface area is 108 Å². The first-order valence-electron chi connectivity index (χ1n) is 5.67. The molecule has 1 aromatic carbocycles. The summed E-state index contributed by atoms with van der Waals surface area (Å²) in [6.45, 7) is 0. The summed E-state index contributed by atoms with van der Waals surface area (Å²) < 4.78 is 1.07. The molecule has 0 aliphatic heterocycles. The van der Waals surface area contributed by atoms with Crippen molar-refractivity contribution in [2.45, 2.75) is 18.9 Å². The molecule has 1 N–H and O–H groups in total. The first kappa shape index (κ1) is 10.7. The molecule has 0 atom stereocenters. The molecule has 3 nitrogen and oxygen atoms in total. The van der Waals surface area contributed by atoms with Crippen molar-refractivity contribution in [3.8, 4) is 11.3 Å². The highest BCUT2D eigenvalue weighted by atomic mass is 79.9. The van der Waals surface area contributed by atoms with E-state index in [-0.39, 0.29) is 0 Å². The van der Waals surface area contributed by atoms with E-state index in [0.29, 0.717) is 6.04 Å². The molecule has 1 fully saturated rings. The number of nitrogens with one attached hydrogen (secondary N) is 1. The van der Waals surface area contributed by atoms with E-state index in [0.717, 1.165) is 21.5 Å². The second-order valence-corrected chi connectivity index (χ2v) is 5.14. The molecular formula is C13H12BrN3. The molecule has 0 unspecified atom stereocenters. The van der Waals surface area contributed by atoms with Gasteiger partial charge in [-0.25, -0.2) is 0 Å². The highest BCUT2D eigenvalue weighted by Crippen LogP contribution is 2.24. The van der Waals surface area contributed by atoms with Crippen molar-refractivity contribution in [2.75, 3.05) is 5.32 Å². The maximum atomic E-state index is 4.23. The van der Waals surface area contributed by atoms with Crippen LogP contribution in [0.25, 0.3) is 11.3 Å². The van der Waals surface area contributed by atoms with Crippen molar-refractivity contribution in [3.63, 3.8) is 0 Å². The van der Waals surface area contributed by atoms with Crippen LogP contribution in [0.4, 0.5) is 5.82 Å². The van der Waals surface area contributed by atoms with Gasteiger partial charge in [-0.05, 0) is 37.1 Å². The summed E-state index contributed by atoms with van der Waals surface area (Å²) in [5.41, 5.74) is 1.98. The van der Waals surface area contributed by atoms with E-state index in [1.54, 1.807) is 0 Å². The third-order valence-corrected chi connectivity index (χ3v) is 3.26. The summed E-state index contributed by atoms with van der Waals surface area (Å²) in [4.78, 5) is 0. The lowest BCUT2D eigenvalue weighted by atomic mass is 10.1. The van der Waals surface area contributed by atoms with Crippen LogP contribution < -0.4 is 5.32 Å². The lowest BCUT2D eigenvalue weighted by molar-refractivity contribution is 1.00. The van der Waals surface area contributed by atoms with Gasteiger partial charge in [-0.2, -0.15) is 0 Å². The van der Waals surface area contributed by atoms with Crippen molar-refractivity contribution in [1.29, 1.82) is 0 Å². The molecule has 0 saturated heterocycles. The van der Waals surface area contributed by atoms with Gasteiger partial charge in [0.2, 0.25) is 0 Å². The maximum absolute atomic E-state index is 4.23. The Balaban J connectivity index is 1.80. The zero-order valence-corrected chi connectivity index (χ0v) is 10.8. The number of hydrogen-bond donors (Lipinski definition) is 1. The Morgan fingerprint density at radius 1 is 1.00 bits per heavy atom. The maximum Gasteiger partial charge on any atom is 0.148 e. The van der Waals surface area contributed by atoms with E-state index >= 15 is 0 Å². The molecule has 2 aromatic rings. The largest absolute Gasteiger partial charge is 0.366 e. The van der Waals surface area contributed by atoms with Crippen LogP contribution in [0.1, 0.15) is 12.8 Å². The fourth-order valence-corrected chi connectivity index (χ4v) is 1.89. The third-order valence-electron chi connectivity index (χ3n) is 2.73. The van der Waals surface area contributed by atoms with Gasteiger partial charge in [-0.15, -0.1) is 10.2 Å². The third kappa shape index (κ3) is 2.64. The number of hydrogen-bond acceptors (Lipinski definition) is 3. The second kappa shape index (κ2) is 4.45. The fraction of sp³-hybridized carbons (Fsp3) is 0.231. The fourth-order valence-electron chi connectivity index (χ4n) is 1.62. The van der Waals surface area contributed by atoms with Crippen molar-refractivity contribution in [1.82, 2.24) is 10.2 Å². The van der Waals surface area contributed by atoms with Crippen LogP contribution in [0, 0.1) is 0 Å². The quantitative estimate of drug-likeness (QED) is 0.940. The summed E-state index contributed by atoms with van der Waals surface area (Å²) in [7, 11) is 0. The van der Waals surface area contributed by atoms with Crippen LogP contribution in [-0.4, -0.2) is 16.2 Å². The summed E-state index contributed by atoms with van der Waals surface area (Å²) >= 11 is 3.42. The van der Waals surface area contributed by atoms with Crippen LogP contribution in [0.3, 0.4) is 0 Å². The summed E-state index contributed by atoms with van der Waals surface area (Å²) in [5, 5.41) is 11.7. The van der Waals surface area contributed by atoms with Gasteiger partial charge in [0.15, 0.2) is 0 Å². The minimum atomic E-state index is 0.614. The van der Waals surface area contributed by atoms with Gasteiger partial charge in [0.25, 0.3) is 0 Å². The molecule has 0 bridgehead atoms. The highest BCUT2D eigenvalue weighted by Gasteiger charge is 2.21. The van der Waals surface area contributed by atoms with E-state index in [1.165, 1.54) is 12.8 Å². The number of anilines is 1. The molecular weight excluding hydrogens is 278 g/mol. The summed E-state index contributed by atoms with van der Waals surface area (Å²) in [5.74, 6) is 0.869. The minimum absolute atomic E-state index is 0.614. The summed E-state index contributed by atoms with van der Waals surface area (Å²) in [6.07, 6.45) is 2.49. The lowest BCUT2D eigenvalue weighted by Crippen LogP contribution is -2.03. The molecule has 1 aliphatic carbocycles. The Hall–Kier alpha value is -1.42. The standard InChI is InChI=1S/C13H12BrN3/c14-10-3-1-9(2-4-10)12-7-8-13(17-16-12)15-11-5-6-11/h1-4,7-8,11H,5-6H2,(H,15,17). The van der Waals surface area contributed by atoms with Crippen LogP contribution in [0.5, 0.6) is 0 Å². The molecule has 0 spiro atoms. The van der Waals surface area contributed by atoms with Gasteiger partial charge in [0.1, 0.15) is 5.82 Å². The molecule has 17 heavy (non-hydrogen) atoms. The topological polar surface area (TPSA) is 37.8 Å². The predicted molar refractivity (Wildman–Crippen MR) is 71.8 cm³/mol. The summed E-state index contributed by atoms with van der Waals surface area (Å²) in [6, 6.07) is 12.7. The Morgan fingerprint density at radius 3 is 2.35 bits per heavy atom. The van der Waals surface area contributed by atoms with Gasteiger partial charge in [0.05, 0.1) is 5.69 Å². The molecule has 1 aliphatic rings. The molecule has 1 aromatic heterocycles. The number of aromatic nitrogens is 2. The van der Waals surface area contributed by atoms with Gasteiger partial charge in [-0.3, -0.25) is 0 Å². The average molecular weight is 290 g/mol. The second-order valence-electron chi connectivity index (χ2n) is 4.23. The van der Waals surface area contributed by atoms with Gasteiger partial charge >= 0.3 is 0 Å². The molecule has 1 saturated carbocycles. The normalized spacial score (nSPS) is 14.6. The predicted octanol–water partition coefficient (Wildman–Crippen LogP) is 3.48.